The molecule has 8 heteroatoms. The largest absolute Gasteiger partial charge is 0.465 e. The zero-order valence-electron chi connectivity index (χ0n) is 16.7. The van der Waals surface area contributed by atoms with Crippen molar-refractivity contribution in [3.8, 4) is 0 Å². The van der Waals surface area contributed by atoms with Crippen molar-refractivity contribution >= 4 is 28.0 Å². The highest BCUT2D eigenvalue weighted by atomic mass is 32.2. The second-order valence-corrected chi connectivity index (χ2v) is 7.69. The summed E-state index contributed by atoms with van der Waals surface area (Å²) in [6.45, 7) is 6.14. The van der Waals surface area contributed by atoms with Crippen LogP contribution in [0.3, 0.4) is 0 Å². The Morgan fingerprint density at radius 1 is 1.04 bits per heavy atom. The van der Waals surface area contributed by atoms with Crippen molar-refractivity contribution in [1.29, 1.82) is 0 Å². The molecule has 0 spiro atoms. The van der Waals surface area contributed by atoms with Crippen LogP contribution in [0, 0.1) is 6.92 Å². The Labute approximate surface area is 166 Å². The topological polar surface area (TPSA) is 91.6 Å². The van der Waals surface area contributed by atoms with Crippen molar-refractivity contribution < 1.29 is 8.63 Å². The van der Waals surface area contributed by atoms with Gasteiger partial charge in [-0.15, -0.1) is 0 Å². The van der Waals surface area contributed by atoms with E-state index >= 15 is 0 Å². The number of hydrogen-bond acceptors (Lipinski definition) is 6. The maximum Gasteiger partial charge on any atom is 0.253 e. The molecule has 0 aliphatic rings. The van der Waals surface area contributed by atoms with Gasteiger partial charge in [-0.2, -0.15) is 0 Å². The van der Waals surface area contributed by atoms with Crippen molar-refractivity contribution in [2.75, 3.05) is 24.7 Å². The minimum atomic E-state index is -1.30. The summed E-state index contributed by atoms with van der Waals surface area (Å²) in [6.07, 6.45) is 0. The fraction of sp³-hybridized carbons (Fsp3) is 0.300. The molecular formula is C20H25N3O4S. The summed E-state index contributed by atoms with van der Waals surface area (Å²) in [5.74, 6) is 1.45. The standard InChI is InChI=1S/C18H19N3O4S.C2H6/c1-11-7-8-13(25-11)10-19-15-16(18(23)17(15)22)20-12-5-4-6-14(9-12)26(24)21(2)3;1-2/h4-9,19-20H,10H2,1-3H3;1-2H3. The highest BCUT2D eigenvalue weighted by Gasteiger charge is 2.21. The van der Waals surface area contributed by atoms with Crippen LogP contribution in [-0.2, 0) is 17.5 Å². The summed E-state index contributed by atoms with van der Waals surface area (Å²) in [5.41, 5.74) is -0.137. The molecule has 7 nitrogen and oxygen atoms in total. The molecule has 28 heavy (non-hydrogen) atoms. The van der Waals surface area contributed by atoms with Crippen molar-refractivity contribution in [3.05, 3.63) is 68.4 Å². The molecule has 1 heterocycles. The van der Waals surface area contributed by atoms with Gasteiger partial charge in [0.1, 0.15) is 33.9 Å². The van der Waals surface area contributed by atoms with Crippen molar-refractivity contribution in [2.24, 2.45) is 0 Å². The van der Waals surface area contributed by atoms with Crippen LogP contribution in [0.1, 0.15) is 25.4 Å². The van der Waals surface area contributed by atoms with Gasteiger partial charge in [0.2, 0.25) is 0 Å². The Morgan fingerprint density at radius 2 is 1.71 bits per heavy atom. The molecule has 1 unspecified atom stereocenters. The molecule has 0 amide bonds. The lowest BCUT2D eigenvalue weighted by Gasteiger charge is -2.15. The van der Waals surface area contributed by atoms with Gasteiger partial charge in [0.05, 0.1) is 11.4 Å². The molecular weight excluding hydrogens is 378 g/mol. The SMILES string of the molecule is CC.Cc1ccc(CNc2c(Nc3cccc(S(=O)N(C)C)c3)c(=O)c2=O)o1. The highest BCUT2D eigenvalue weighted by Crippen LogP contribution is 2.23. The molecule has 0 radical (unpaired) electrons. The lowest BCUT2D eigenvalue weighted by atomic mass is 10.1. The second kappa shape index (κ2) is 9.48. The smallest absolute Gasteiger partial charge is 0.253 e. The van der Waals surface area contributed by atoms with Gasteiger partial charge in [0.25, 0.3) is 10.9 Å². The average molecular weight is 404 g/mol. The van der Waals surface area contributed by atoms with E-state index in [4.69, 9.17) is 4.42 Å². The van der Waals surface area contributed by atoms with Gasteiger partial charge in [-0.1, -0.05) is 19.9 Å². The summed E-state index contributed by atoms with van der Waals surface area (Å²) in [7, 11) is 2.13. The lowest BCUT2D eigenvalue weighted by molar-refractivity contribution is 0.490. The van der Waals surface area contributed by atoms with Gasteiger partial charge in [-0.3, -0.25) is 9.59 Å². The normalized spacial score (nSPS) is 11.8. The molecule has 2 N–H and O–H groups in total. The molecule has 2 aromatic carbocycles. The average Bonchev–Trinajstić information content (AvgIpc) is 3.13. The van der Waals surface area contributed by atoms with Gasteiger partial charge >= 0.3 is 0 Å². The highest BCUT2D eigenvalue weighted by molar-refractivity contribution is 7.82. The molecule has 1 atom stereocenters. The molecule has 0 aliphatic heterocycles. The summed E-state index contributed by atoms with van der Waals surface area (Å²) >= 11 is 0. The summed E-state index contributed by atoms with van der Waals surface area (Å²) in [5, 5.41) is 5.89. The van der Waals surface area contributed by atoms with Crippen LogP contribution in [0.4, 0.5) is 17.1 Å². The van der Waals surface area contributed by atoms with Crippen molar-refractivity contribution in [3.63, 3.8) is 0 Å². The van der Waals surface area contributed by atoms with Crippen molar-refractivity contribution in [2.45, 2.75) is 32.2 Å². The van der Waals surface area contributed by atoms with Crippen LogP contribution < -0.4 is 21.5 Å². The van der Waals surface area contributed by atoms with Gasteiger partial charge in [0, 0.05) is 5.69 Å². The van der Waals surface area contributed by atoms with E-state index in [1.807, 2.05) is 26.8 Å². The Morgan fingerprint density at radius 3 is 2.32 bits per heavy atom. The molecule has 0 aliphatic carbocycles. The van der Waals surface area contributed by atoms with Crippen LogP contribution in [-0.4, -0.2) is 22.6 Å². The van der Waals surface area contributed by atoms with E-state index in [1.165, 1.54) is 0 Å². The predicted molar refractivity (Wildman–Crippen MR) is 113 cm³/mol. The fourth-order valence-electron chi connectivity index (χ4n) is 2.47. The molecule has 0 saturated carbocycles. The van der Waals surface area contributed by atoms with Crippen LogP contribution in [0.2, 0.25) is 0 Å². The van der Waals surface area contributed by atoms with Crippen LogP contribution >= 0.6 is 0 Å². The van der Waals surface area contributed by atoms with E-state index in [0.717, 1.165) is 5.76 Å². The first kappa shape index (κ1) is 21.6. The van der Waals surface area contributed by atoms with Crippen LogP contribution in [0.25, 0.3) is 0 Å². The molecule has 1 aromatic heterocycles. The number of rotatable bonds is 7. The summed E-state index contributed by atoms with van der Waals surface area (Å²) < 4.78 is 19.2. The Kier molecular flexibility index (Phi) is 7.31. The number of benzene rings is 1. The number of furan rings is 1. The molecule has 0 bridgehead atoms. The first-order valence-corrected chi connectivity index (χ1v) is 10.1. The third-order valence-electron chi connectivity index (χ3n) is 3.78. The van der Waals surface area contributed by atoms with Gasteiger partial charge in [-0.25, -0.2) is 8.51 Å². The second-order valence-electron chi connectivity index (χ2n) is 5.99. The number of aryl methyl sites for hydroxylation is 1. The van der Waals surface area contributed by atoms with E-state index in [0.29, 0.717) is 22.9 Å². The van der Waals surface area contributed by atoms with E-state index in [1.54, 1.807) is 48.7 Å². The lowest BCUT2D eigenvalue weighted by Crippen LogP contribution is -2.36. The number of nitrogens with one attached hydrogen (secondary N) is 2. The molecule has 0 fully saturated rings. The molecule has 0 saturated heterocycles. The van der Waals surface area contributed by atoms with E-state index in [9.17, 15) is 13.8 Å². The monoisotopic (exact) mass is 403 g/mol. The Bertz CT molecular complexity index is 1030. The van der Waals surface area contributed by atoms with Crippen molar-refractivity contribution in [1.82, 2.24) is 4.31 Å². The van der Waals surface area contributed by atoms with Crippen LogP contribution in [0.5, 0.6) is 0 Å². The number of nitrogens with zero attached hydrogens (tertiary/aromatic N) is 1. The van der Waals surface area contributed by atoms with E-state index in [-0.39, 0.29) is 11.4 Å². The maximum atomic E-state index is 12.2. The summed E-state index contributed by atoms with van der Waals surface area (Å²) in [6, 6.07) is 10.5. The zero-order valence-corrected chi connectivity index (χ0v) is 17.5. The predicted octanol–water partition coefficient (Wildman–Crippen LogP) is 3.15. The first-order valence-electron chi connectivity index (χ1n) is 8.95. The minimum absolute atomic E-state index is 0.200. The molecule has 3 aromatic rings. The third kappa shape index (κ3) is 4.76. The van der Waals surface area contributed by atoms with Crippen LogP contribution in [0.15, 0.2) is 55.3 Å². The maximum absolute atomic E-state index is 12.2. The molecule has 3 rings (SSSR count). The molecule has 150 valence electrons. The van der Waals surface area contributed by atoms with Gasteiger partial charge < -0.3 is 15.1 Å². The first-order chi connectivity index (χ1) is 13.4. The number of hydrogen-bond donors (Lipinski definition) is 2. The number of anilines is 3. The van der Waals surface area contributed by atoms with E-state index < -0.39 is 21.8 Å². The van der Waals surface area contributed by atoms with Gasteiger partial charge in [-0.05, 0) is 51.4 Å². The Balaban J connectivity index is 0.00000136. The zero-order chi connectivity index (χ0) is 20.8. The van der Waals surface area contributed by atoms with E-state index in [2.05, 4.69) is 10.6 Å². The third-order valence-corrected chi connectivity index (χ3v) is 5.10. The minimum Gasteiger partial charge on any atom is -0.465 e. The summed E-state index contributed by atoms with van der Waals surface area (Å²) in [4.78, 5) is 24.4. The fourth-order valence-corrected chi connectivity index (χ4v) is 3.32. The Hall–Kier alpha value is -2.71. The quantitative estimate of drug-likeness (QED) is 0.589. The van der Waals surface area contributed by atoms with Gasteiger partial charge in [0.15, 0.2) is 0 Å².